The molecule has 0 bridgehead atoms. The summed E-state index contributed by atoms with van der Waals surface area (Å²) in [6.07, 6.45) is 6.78. The van der Waals surface area contributed by atoms with Gasteiger partial charge in [-0.2, -0.15) is 4.31 Å². The molecule has 28 heavy (non-hydrogen) atoms. The van der Waals surface area contributed by atoms with Crippen molar-refractivity contribution >= 4 is 33.7 Å². The maximum Gasteiger partial charge on any atom is 0.336 e. The van der Waals surface area contributed by atoms with E-state index < -0.39 is 16.0 Å². The minimum Gasteiger partial charge on any atom is -0.422 e. The Hall–Kier alpha value is -2.15. The van der Waals surface area contributed by atoms with E-state index in [2.05, 4.69) is 0 Å². The minimum absolute atomic E-state index is 0.269. The quantitative estimate of drug-likeness (QED) is 0.406. The van der Waals surface area contributed by atoms with Gasteiger partial charge in [0.1, 0.15) is 5.75 Å². The second kappa shape index (κ2) is 9.37. The van der Waals surface area contributed by atoms with Crippen molar-refractivity contribution in [3.8, 4) is 5.75 Å². The van der Waals surface area contributed by atoms with E-state index in [4.69, 9.17) is 16.3 Å². The van der Waals surface area contributed by atoms with Crippen LogP contribution < -0.4 is 4.74 Å². The largest absolute Gasteiger partial charge is 0.422 e. The molecule has 2 aromatic rings. The molecule has 0 aromatic heterocycles. The molecule has 0 amide bonds. The molecule has 0 unspecified atom stereocenters. The Balaban J connectivity index is 1.66. The van der Waals surface area contributed by atoms with Crippen LogP contribution in [0.25, 0.3) is 6.08 Å². The number of ether oxygens (including phenoxy) is 1. The summed E-state index contributed by atoms with van der Waals surface area (Å²) in [5.74, 6) is -0.271. The van der Waals surface area contributed by atoms with Crippen LogP contribution in [0.4, 0.5) is 0 Å². The molecule has 148 valence electrons. The van der Waals surface area contributed by atoms with E-state index in [1.807, 2.05) is 0 Å². The maximum absolute atomic E-state index is 12.8. The van der Waals surface area contributed by atoms with Crippen LogP contribution in [0.15, 0.2) is 59.5 Å². The Morgan fingerprint density at radius 2 is 1.61 bits per heavy atom. The van der Waals surface area contributed by atoms with Crippen molar-refractivity contribution in [1.29, 1.82) is 0 Å². The van der Waals surface area contributed by atoms with Crippen molar-refractivity contribution in [2.24, 2.45) is 0 Å². The molecular weight excluding hydrogens is 398 g/mol. The van der Waals surface area contributed by atoms with Crippen molar-refractivity contribution in [1.82, 2.24) is 4.31 Å². The number of benzene rings is 2. The van der Waals surface area contributed by atoms with Crippen LogP contribution in [-0.4, -0.2) is 31.8 Å². The number of carbonyl (C=O) groups excluding carboxylic acids is 1. The van der Waals surface area contributed by atoms with E-state index in [1.165, 1.54) is 6.08 Å². The average molecular weight is 420 g/mol. The summed E-state index contributed by atoms with van der Waals surface area (Å²) in [5, 5.41) is 0.354. The first-order valence-electron chi connectivity index (χ1n) is 9.21. The molecule has 2 aromatic carbocycles. The highest BCUT2D eigenvalue weighted by atomic mass is 35.5. The smallest absolute Gasteiger partial charge is 0.336 e. The number of hydrogen-bond donors (Lipinski definition) is 0. The lowest BCUT2D eigenvalue weighted by molar-refractivity contribution is -0.128. The van der Waals surface area contributed by atoms with Gasteiger partial charge in [-0.3, -0.25) is 0 Å². The molecule has 1 heterocycles. The van der Waals surface area contributed by atoms with Crippen LogP contribution in [0.1, 0.15) is 31.2 Å². The predicted octanol–water partition coefficient (Wildman–Crippen LogP) is 4.52. The molecule has 3 rings (SSSR count). The van der Waals surface area contributed by atoms with Crippen molar-refractivity contribution in [3.63, 3.8) is 0 Å². The Kier molecular flexibility index (Phi) is 6.88. The van der Waals surface area contributed by atoms with Crippen LogP contribution in [0.3, 0.4) is 0 Å². The van der Waals surface area contributed by atoms with Crippen LogP contribution in [0.2, 0.25) is 5.02 Å². The normalized spacial score (nSPS) is 16.0. The highest BCUT2D eigenvalue weighted by Gasteiger charge is 2.24. The van der Waals surface area contributed by atoms with Crippen LogP contribution in [0, 0.1) is 0 Å². The molecular formula is C21H22ClNO4S. The molecule has 7 heteroatoms. The van der Waals surface area contributed by atoms with Crippen LogP contribution in [0.5, 0.6) is 5.75 Å². The number of para-hydroxylation sites is 1. The third kappa shape index (κ3) is 5.22. The first-order valence-corrected chi connectivity index (χ1v) is 11.0. The molecule has 0 atom stereocenters. The van der Waals surface area contributed by atoms with Gasteiger partial charge in [0.25, 0.3) is 0 Å². The van der Waals surface area contributed by atoms with E-state index >= 15 is 0 Å². The molecule has 5 nitrogen and oxygen atoms in total. The van der Waals surface area contributed by atoms with Crippen LogP contribution >= 0.6 is 11.6 Å². The highest BCUT2D eigenvalue weighted by molar-refractivity contribution is 7.89. The first kappa shape index (κ1) is 20.6. The fourth-order valence-corrected chi connectivity index (χ4v) is 4.71. The molecule has 0 N–H and O–H groups in total. The van der Waals surface area contributed by atoms with Gasteiger partial charge in [0.2, 0.25) is 10.0 Å². The summed E-state index contributed by atoms with van der Waals surface area (Å²) in [5.41, 5.74) is 0.700. The molecule has 1 saturated heterocycles. The van der Waals surface area contributed by atoms with E-state index in [9.17, 15) is 13.2 Å². The lowest BCUT2D eigenvalue weighted by Gasteiger charge is -2.19. The number of sulfonamides is 1. The van der Waals surface area contributed by atoms with Gasteiger partial charge in [-0.05, 0) is 48.7 Å². The summed E-state index contributed by atoms with van der Waals surface area (Å²) in [4.78, 5) is 12.2. The Morgan fingerprint density at radius 3 is 2.25 bits per heavy atom. The van der Waals surface area contributed by atoms with Gasteiger partial charge < -0.3 is 4.74 Å². The summed E-state index contributed by atoms with van der Waals surface area (Å²) in [6.45, 7) is 1.13. The summed E-state index contributed by atoms with van der Waals surface area (Å²) in [7, 11) is -3.48. The third-order valence-electron chi connectivity index (χ3n) is 4.54. The lowest BCUT2D eigenvalue weighted by atomic mass is 10.2. The topological polar surface area (TPSA) is 63.7 Å². The maximum atomic E-state index is 12.8. The summed E-state index contributed by atoms with van der Waals surface area (Å²) < 4.78 is 32.3. The van der Waals surface area contributed by atoms with Gasteiger partial charge in [-0.15, -0.1) is 0 Å². The van der Waals surface area contributed by atoms with Crippen molar-refractivity contribution in [2.45, 2.75) is 30.6 Å². The van der Waals surface area contributed by atoms with E-state index in [0.29, 0.717) is 23.7 Å². The molecule has 0 aliphatic carbocycles. The van der Waals surface area contributed by atoms with Gasteiger partial charge in [0.05, 0.1) is 9.92 Å². The number of esters is 1. The molecule has 1 aliphatic heterocycles. The minimum atomic E-state index is -3.48. The molecule has 0 radical (unpaired) electrons. The zero-order chi connectivity index (χ0) is 20.0. The fraction of sp³-hybridized carbons (Fsp3) is 0.286. The third-order valence-corrected chi connectivity index (χ3v) is 6.77. The van der Waals surface area contributed by atoms with Gasteiger partial charge >= 0.3 is 5.97 Å². The number of carbonyl (C=O) groups is 1. The second-order valence-electron chi connectivity index (χ2n) is 6.57. The Bertz CT molecular complexity index is 947. The Morgan fingerprint density at radius 1 is 0.964 bits per heavy atom. The van der Waals surface area contributed by atoms with Crippen molar-refractivity contribution < 1.29 is 17.9 Å². The standard InChI is InChI=1S/C21H22ClNO4S/c22-19-7-3-4-8-20(19)27-21(24)14-11-17-9-12-18(13-10-17)28(25,26)23-15-5-1-2-6-16-23/h3-4,7-14H,1-2,5-6,15-16H2. The number of rotatable bonds is 5. The van der Waals surface area contributed by atoms with E-state index in [-0.39, 0.29) is 10.6 Å². The van der Waals surface area contributed by atoms with Gasteiger partial charge in [-0.25, -0.2) is 13.2 Å². The van der Waals surface area contributed by atoms with E-state index in [0.717, 1.165) is 25.7 Å². The molecule has 1 aliphatic rings. The van der Waals surface area contributed by atoms with Crippen molar-refractivity contribution in [2.75, 3.05) is 13.1 Å². The van der Waals surface area contributed by atoms with Gasteiger partial charge in [0.15, 0.2) is 0 Å². The average Bonchev–Trinajstić information content (AvgIpc) is 2.99. The monoisotopic (exact) mass is 419 g/mol. The lowest BCUT2D eigenvalue weighted by Crippen LogP contribution is -2.31. The highest BCUT2D eigenvalue weighted by Crippen LogP contribution is 2.24. The van der Waals surface area contributed by atoms with E-state index in [1.54, 1.807) is 58.9 Å². The summed E-state index contributed by atoms with van der Waals surface area (Å²) >= 11 is 5.96. The fourth-order valence-electron chi connectivity index (χ4n) is 3.02. The van der Waals surface area contributed by atoms with Gasteiger partial charge in [0, 0.05) is 19.2 Å². The predicted molar refractivity (Wildman–Crippen MR) is 110 cm³/mol. The zero-order valence-electron chi connectivity index (χ0n) is 15.4. The Labute approximate surface area is 170 Å². The zero-order valence-corrected chi connectivity index (χ0v) is 17.0. The molecule has 0 saturated carbocycles. The molecule has 1 fully saturated rings. The van der Waals surface area contributed by atoms with Crippen molar-refractivity contribution in [3.05, 3.63) is 65.2 Å². The van der Waals surface area contributed by atoms with Crippen LogP contribution in [-0.2, 0) is 14.8 Å². The first-order chi connectivity index (χ1) is 13.5. The second-order valence-corrected chi connectivity index (χ2v) is 8.92. The number of halogens is 1. The SMILES string of the molecule is O=C(C=Cc1ccc(S(=O)(=O)N2CCCCCC2)cc1)Oc1ccccc1Cl. The summed E-state index contributed by atoms with van der Waals surface area (Å²) in [6, 6.07) is 13.2. The number of nitrogens with zero attached hydrogens (tertiary/aromatic N) is 1. The molecule has 0 spiro atoms. The number of hydrogen-bond acceptors (Lipinski definition) is 4. The van der Waals surface area contributed by atoms with Gasteiger partial charge in [-0.1, -0.05) is 48.7 Å².